The minimum atomic E-state index is -4.45. The van der Waals surface area contributed by atoms with Gasteiger partial charge in [-0.1, -0.05) is 6.07 Å². The molecule has 0 radical (unpaired) electrons. The smallest absolute Gasteiger partial charge is 0.416 e. The molecule has 1 fully saturated rings. The number of benzene rings is 1. The summed E-state index contributed by atoms with van der Waals surface area (Å²) in [6, 6.07) is 3.96. The lowest BCUT2D eigenvalue weighted by molar-refractivity contribution is -0.137. The Morgan fingerprint density at radius 2 is 1.93 bits per heavy atom. The molecule has 1 heterocycles. The van der Waals surface area contributed by atoms with Crippen molar-refractivity contribution in [2.75, 3.05) is 5.32 Å². The van der Waals surface area contributed by atoms with E-state index < -0.39 is 17.8 Å². The summed E-state index contributed by atoms with van der Waals surface area (Å²) in [7, 11) is 0. The molecule has 144 valence electrons. The second-order valence-corrected chi connectivity index (χ2v) is 6.31. The Hall–Kier alpha value is -2.84. The Kier molecular flexibility index (Phi) is 5.78. The summed E-state index contributed by atoms with van der Waals surface area (Å²) < 4.78 is 43.9. The molecule has 9 heteroatoms. The molecular weight excluding hydrogens is 361 g/mol. The Balaban J connectivity index is 1.46. The molecule has 3 rings (SSSR count). The van der Waals surface area contributed by atoms with Crippen molar-refractivity contribution in [2.24, 2.45) is 0 Å². The molecule has 1 aliphatic carbocycles. The molecular formula is C18H19F3N4O2. The van der Waals surface area contributed by atoms with E-state index in [0.717, 1.165) is 25.0 Å². The van der Waals surface area contributed by atoms with E-state index in [4.69, 9.17) is 4.74 Å². The quantitative estimate of drug-likeness (QED) is 0.840. The molecule has 0 spiro atoms. The lowest BCUT2D eigenvalue weighted by Crippen LogP contribution is -2.41. The van der Waals surface area contributed by atoms with Crippen LogP contribution in [0.25, 0.3) is 0 Å². The van der Waals surface area contributed by atoms with Crippen LogP contribution in [0.15, 0.2) is 42.9 Å². The van der Waals surface area contributed by atoms with Gasteiger partial charge in [0.15, 0.2) is 0 Å². The third-order valence-electron chi connectivity index (χ3n) is 4.28. The van der Waals surface area contributed by atoms with Crippen LogP contribution in [0.1, 0.15) is 31.2 Å². The van der Waals surface area contributed by atoms with Crippen LogP contribution in [0.3, 0.4) is 0 Å². The van der Waals surface area contributed by atoms with Gasteiger partial charge in [-0.15, -0.1) is 0 Å². The van der Waals surface area contributed by atoms with E-state index in [2.05, 4.69) is 20.6 Å². The predicted molar refractivity (Wildman–Crippen MR) is 92.3 cm³/mol. The molecule has 6 nitrogen and oxygen atoms in total. The summed E-state index contributed by atoms with van der Waals surface area (Å²) in [4.78, 5) is 20.1. The average molecular weight is 380 g/mol. The summed E-state index contributed by atoms with van der Waals surface area (Å²) in [6.07, 6.45) is 3.13. The number of carbonyl (C=O) groups excluding carboxylic acids is 1. The third-order valence-corrected chi connectivity index (χ3v) is 4.28. The molecule has 1 saturated carbocycles. The van der Waals surface area contributed by atoms with Gasteiger partial charge < -0.3 is 15.4 Å². The summed E-state index contributed by atoms with van der Waals surface area (Å²) in [5.41, 5.74) is -0.705. The standard InChI is InChI=1S/C18H19F3N4O2/c19-18(20,21)12-2-1-3-14(10-12)25-17(26)24-13-4-6-15(7-5-13)27-16-11-22-8-9-23-16/h1-3,8-11,13,15H,4-7H2,(H2,24,25,26). The van der Waals surface area contributed by atoms with Crippen molar-refractivity contribution >= 4 is 11.7 Å². The molecule has 1 aromatic carbocycles. The molecule has 27 heavy (non-hydrogen) atoms. The van der Waals surface area contributed by atoms with Gasteiger partial charge in [-0.3, -0.25) is 4.98 Å². The number of hydrogen-bond donors (Lipinski definition) is 2. The van der Waals surface area contributed by atoms with Gasteiger partial charge in [-0.05, 0) is 43.9 Å². The first-order valence-electron chi connectivity index (χ1n) is 8.57. The zero-order valence-electron chi connectivity index (χ0n) is 14.4. The van der Waals surface area contributed by atoms with Crippen molar-refractivity contribution < 1.29 is 22.7 Å². The van der Waals surface area contributed by atoms with Crippen LogP contribution in [-0.4, -0.2) is 28.1 Å². The first kappa shape index (κ1) is 18.9. The maximum absolute atomic E-state index is 12.7. The van der Waals surface area contributed by atoms with Crippen LogP contribution in [0.4, 0.5) is 23.7 Å². The fourth-order valence-electron chi connectivity index (χ4n) is 2.97. The number of hydrogen-bond acceptors (Lipinski definition) is 4. The Bertz CT molecular complexity index is 763. The molecule has 2 aromatic rings. The second-order valence-electron chi connectivity index (χ2n) is 6.31. The molecule has 0 bridgehead atoms. The zero-order chi connectivity index (χ0) is 19.3. The lowest BCUT2D eigenvalue weighted by atomic mass is 9.93. The van der Waals surface area contributed by atoms with Crippen LogP contribution in [-0.2, 0) is 6.18 Å². The van der Waals surface area contributed by atoms with Crippen molar-refractivity contribution in [2.45, 2.75) is 44.0 Å². The highest BCUT2D eigenvalue weighted by Gasteiger charge is 2.30. The SMILES string of the molecule is O=C(Nc1cccc(C(F)(F)F)c1)NC1CCC(Oc2cnccn2)CC1. The molecule has 1 aromatic heterocycles. The third kappa shape index (κ3) is 5.57. The van der Waals surface area contributed by atoms with E-state index in [-0.39, 0.29) is 17.8 Å². The maximum atomic E-state index is 12.7. The van der Waals surface area contributed by atoms with Crippen LogP contribution < -0.4 is 15.4 Å². The molecule has 0 saturated heterocycles. The number of anilines is 1. The van der Waals surface area contributed by atoms with E-state index in [9.17, 15) is 18.0 Å². The van der Waals surface area contributed by atoms with E-state index >= 15 is 0 Å². The largest absolute Gasteiger partial charge is 0.473 e. The Labute approximate surface area is 154 Å². The lowest BCUT2D eigenvalue weighted by Gasteiger charge is -2.29. The minimum absolute atomic E-state index is 0.00581. The van der Waals surface area contributed by atoms with Gasteiger partial charge in [-0.2, -0.15) is 13.2 Å². The Morgan fingerprint density at radius 3 is 2.59 bits per heavy atom. The fourth-order valence-corrected chi connectivity index (χ4v) is 2.97. The van der Waals surface area contributed by atoms with Crippen molar-refractivity contribution in [1.82, 2.24) is 15.3 Å². The number of alkyl halides is 3. The monoisotopic (exact) mass is 380 g/mol. The summed E-state index contributed by atoms with van der Waals surface area (Å²) in [5, 5.41) is 5.25. The number of ether oxygens (including phenoxy) is 1. The number of nitrogens with zero attached hydrogens (tertiary/aromatic N) is 2. The maximum Gasteiger partial charge on any atom is 0.416 e. The molecule has 0 unspecified atom stereocenters. The van der Waals surface area contributed by atoms with Gasteiger partial charge in [0, 0.05) is 24.1 Å². The molecule has 1 aliphatic rings. The van der Waals surface area contributed by atoms with Gasteiger partial charge in [0.1, 0.15) is 6.10 Å². The van der Waals surface area contributed by atoms with E-state index in [1.807, 2.05) is 0 Å². The normalized spacial score (nSPS) is 20.0. The van der Waals surface area contributed by atoms with E-state index in [1.54, 1.807) is 18.6 Å². The number of aromatic nitrogens is 2. The number of carbonyl (C=O) groups is 1. The van der Waals surface area contributed by atoms with Crippen LogP contribution in [0, 0.1) is 0 Å². The van der Waals surface area contributed by atoms with Crippen molar-refractivity contribution in [3.8, 4) is 5.88 Å². The van der Waals surface area contributed by atoms with Gasteiger partial charge in [-0.25, -0.2) is 9.78 Å². The second kappa shape index (κ2) is 8.24. The van der Waals surface area contributed by atoms with Crippen LogP contribution in [0.2, 0.25) is 0 Å². The molecule has 2 N–H and O–H groups in total. The van der Waals surface area contributed by atoms with Crippen molar-refractivity contribution in [3.05, 3.63) is 48.4 Å². The number of nitrogens with one attached hydrogen (secondary N) is 2. The van der Waals surface area contributed by atoms with E-state index in [0.29, 0.717) is 18.7 Å². The van der Waals surface area contributed by atoms with Gasteiger partial charge in [0.2, 0.25) is 5.88 Å². The average Bonchev–Trinajstić information content (AvgIpc) is 2.64. The Morgan fingerprint density at radius 1 is 1.15 bits per heavy atom. The van der Waals surface area contributed by atoms with E-state index in [1.165, 1.54) is 12.1 Å². The van der Waals surface area contributed by atoms with Gasteiger partial charge >= 0.3 is 12.2 Å². The summed E-state index contributed by atoms with van der Waals surface area (Å²) >= 11 is 0. The highest BCUT2D eigenvalue weighted by Crippen LogP contribution is 2.30. The molecule has 0 aliphatic heterocycles. The number of halogens is 3. The number of urea groups is 1. The summed E-state index contributed by atoms with van der Waals surface area (Å²) in [5.74, 6) is 0.469. The highest BCUT2D eigenvalue weighted by molar-refractivity contribution is 5.89. The zero-order valence-corrected chi connectivity index (χ0v) is 14.4. The molecule has 2 amide bonds. The first-order valence-corrected chi connectivity index (χ1v) is 8.57. The fraction of sp³-hybridized carbons (Fsp3) is 0.389. The van der Waals surface area contributed by atoms with Crippen molar-refractivity contribution in [1.29, 1.82) is 0 Å². The number of rotatable bonds is 4. The molecule has 0 atom stereocenters. The van der Waals surface area contributed by atoms with Crippen LogP contribution in [0.5, 0.6) is 5.88 Å². The predicted octanol–water partition coefficient (Wildman–Crippen LogP) is 4.01. The van der Waals surface area contributed by atoms with Gasteiger partial charge in [0.25, 0.3) is 0 Å². The summed E-state index contributed by atoms with van der Waals surface area (Å²) in [6.45, 7) is 0. The first-order chi connectivity index (χ1) is 12.9. The topological polar surface area (TPSA) is 76.1 Å². The minimum Gasteiger partial charge on any atom is -0.473 e. The highest BCUT2D eigenvalue weighted by atomic mass is 19.4. The van der Waals surface area contributed by atoms with Crippen molar-refractivity contribution in [3.63, 3.8) is 0 Å². The number of amides is 2. The van der Waals surface area contributed by atoms with Gasteiger partial charge in [0.05, 0.1) is 11.8 Å². The van der Waals surface area contributed by atoms with Crippen LogP contribution >= 0.6 is 0 Å².